The van der Waals surface area contributed by atoms with Crippen LogP contribution in [0.25, 0.3) is 0 Å². The molecule has 0 amide bonds. The molecule has 7 nitrogen and oxygen atoms in total. The van der Waals surface area contributed by atoms with Gasteiger partial charge in [0, 0.05) is 29.6 Å². The van der Waals surface area contributed by atoms with E-state index in [-0.39, 0.29) is 34.9 Å². The molecule has 2 heterocycles. The quantitative estimate of drug-likeness (QED) is 0.411. The van der Waals surface area contributed by atoms with Crippen LogP contribution in [0, 0.1) is 11.2 Å². The molecule has 0 saturated heterocycles. The molecule has 176 valence electrons. The van der Waals surface area contributed by atoms with Gasteiger partial charge in [-0.1, -0.05) is 64.7 Å². The highest BCUT2D eigenvalue weighted by atomic mass is 35.5. The molecular formula is C22H31Cl2FN6O. The monoisotopic (exact) mass is 484 g/mol. The standard InChI is InChI=1S/C18H19Cl2FN6O.2C2H6/c1-9(2)17-25-26-18(28-17)13(22)7-14-16(23)24-5-6-27(14)8-10-11(19)3-4-12(21)15(10)20;2*1-2/h3-4,7,9,22H,5-6,8H2,1-2H3,(H2,23,24);2*1-2H3/b14-7+,22-13?;;. The molecule has 1 aliphatic rings. The van der Waals surface area contributed by atoms with Crippen molar-refractivity contribution in [3.8, 4) is 0 Å². The van der Waals surface area contributed by atoms with Crippen LogP contribution in [0.3, 0.4) is 0 Å². The van der Waals surface area contributed by atoms with Crippen molar-refractivity contribution in [3.63, 3.8) is 0 Å². The van der Waals surface area contributed by atoms with Gasteiger partial charge in [0.25, 0.3) is 5.89 Å². The molecule has 0 spiro atoms. The summed E-state index contributed by atoms with van der Waals surface area (Å²) in [6, 6.07) is 2.67. The van der Waals surface area contributed by atoms with Crippen molar-refractivity contribution in [2.75, 3.05) is 13.1 Å². The molecule has 3 rings (SSSR count). The number of nitrogens with two attached hydrogens (primary N) is 1. The summed E-state index contributed by atoms with van der Waals surface area (Å²) in [7, 11) is 0. The Morgan fingerprint density at radius 1 is 1.25 bits per heavy atom. The first-order valence-corrected chi connectivity index (χ1v) is 11.3. The van der Waals surface area contributed by atoms with Gasteiger partial charge in [-0.2, -0.15) is 0 Å². The van der Waals surface area contributed by atoms with Crippen LogP contribution in [0.15, 0.2) is 33.3 Å². The van der Waals surface area contributed by atoms with Crippen LogP contribution in [0.2, 0.25) is 10.0 Å². The minimum absolute atomic E-state index is 0.00381. The molecule has 1 aromatic carbocycles. The Kier molecular flexibility index (Phi) is 11.4. The van der Waals surface area contributed by atoms with E-state index in [1.54, 1.807) is 0 Å². The van der Waals surface area contributed by atoms with Gasteiger partial charge >= 0.3 is 0 Å². The van der Waals surface area contributed by atoms with Gasteiger partial charge < -0.3 is 15.1 Å². The van der Waals surface area contributed by atoms with Gasteiger partial charge in [0.2, 0.25) is 5.89 Å². The van der Waals surface area contributed by atoms with Gasteiger partial charge in [-0.05, 0) is 18.2 Å². The maximum Gasteiger partial charge on any atom is 0.265 e. The van der Waals surface area contributed by atoms with Gasteiger partial charge in [-0.15, -0.1) is 10.2 Å². The zero-order valence-electron chi connectivity index (χ0n) is 19.3. The fourth-order valence-corrected chi connectivity index (χ4v) is 3.15. The number of hydrogen-bond donors (Lipinski definition) is 2. The summed E-state index contributed by atoms with van der Waals surface area (Å²) in [5, 5.41) is 16.4. The normalized spacial score (nSPS) is 14.4. The average molecular weight is 485 g/mol. The Morgan fingerprint density at radius 3 is 2.50 bits per heavy atom. The summed E-state index contributed by atoms with van der Waals surface area (Å²) in [6.07, 6.45) is 1.50. The molecule has 10 heteroatoms. The predicted molar refractivity (Wildman–Crippen MR) is 129 cm³/mol. The highest BCUT2D eigenvalue weighted by molar-refractivity contribution is 6.36. The Morgan fingerprint density at radius 2 is 1.91 bits per heavy atom. The van der Waals surface area contributed by atoms with Crippen molar-refractivity contribution in [3.05, 3.63) is 57.1 Å². The lowest BCUT2D eigenvalue weighted by Crippen LogP contribution is -2.38. The number of amidine groups is 1. The number of aromatic nitrogens is 2. The van der Waals surface area contributed by atoms with Gasteiger partial charge in [0.15, 0.2) is 0 Å². The number of nitrogens with one attached hydrogen (secondary N) is 1. The van der Waals surface area contributed by atoms with E-state index in [4.69, 9.17) is 38.8 Å². The smallest absolute Gasteiger partial charge is 0.265 e. The SMILES string of the molecule is CC.CC.CC(C)c1nnc(C(=N)/C=C2\C(N)=NCCN2Cc2c(Cl)ccc(F)c2Cl)o1. The van der Waals surface area contributed by atoms with E-state index in [0.717, 1.165) is 0 Å². The summed E-state index contributed by atoms with van der Waals surface area (Å²) in [5.74, 6) is 0.278. The molecule has 3 N–H and O–H groups in total. The molecule has 0 unspecified atom stereocenters. The van der Waals surface area contributed by atoms with Crippen molar-refractivity contribution < 1.29 is 8.81 Å². The Bertz CT molecular complexity index is 971. The molecule has 0 aliphatic carbocycles. The average Bonchev–Trinajstić information content (AvgIpc) is 3.30. The highest BCUT2D eigenvalue weighted by Gasteiger charge is 2.23. The molecule has 0 fully saturated rings. The predicted octanol–water partition coefficient (Wildman–Crippen LogP) is 5.82. The number of rotatable bonds is 5. The molecule has 1 aromatic heterocycles. The summed E-state index contributed by atoms with van der Waals surface area (Å²) in [5.41, 5.74) is 6.97. The molecular weight excluding hydrogens is 454 g/mol. The fraction of sp³-hybridized carbons (Fsp3) is 0.455. The van der Waals surface area contributed by atoms with E-state index in [2.05, 4.69) is 15.2 Å². The maximum atomic E-state index is 13.9. The molecule has 32 heavy (non-hydrogen) atoms. The molecule has 1 aliphatic heterocycles. The van der Waals surface area contributed by atoms with Gasteiger partial charge in [0.05, 0.1) is 17.3 Å². The third kappa shape index (κ3) is 6.77. The van der Waals surface area contributed by atoms with Gasteiger partial charge in [-0.25, -0.2) is 4.39 Å². The van der Waals surface area contributed by atoms with Gasteiger partial charge in [-0.3, -0.25) is 10.4 Å². The second-order valence-corrected chi connectivity index (χ2v) is 7.34. The van der Waals surface area contributed by atoms with Crippen LogP contribution >= 0.6 is 23.2 Å². The largest absolute Gasteiger partial charge is 0.419 e. The number of allylic oxidation sites excluding steroid dienone is 1. The highest BCUT2D eigenvalue weighted by Crippen LogP contribution is 2.30. The van der Waals surface area contributed by atoms with Crippen LogP contribution < -0.4 is 5.73 Å². The van der Waals surface area contributed by atoms with E-state index < -0.39 is 5.82 Å². The fourth-order valence-electron chi connectivity index (χ4n) is 2.66. The molecule has 0 bridgehead atoms. The number of benzene rings is 1. The summed E-state index contributed by atoms with van der Waals surface area (Å²) in [6.45, 7) is 13.0. The first-order valence-electron chi connectivity index (χ1n) is 10.6. The number of aliphatic imine (C=N–C) groups is 1. The molecule has 0 radical (unpaired) electrons. The second kappa shape index (κ2) is 13.2. The topological polar surface area (TPSA) is 104 Å². The van der Waals surface area contributed by atoms with Gasteiger partial charge in [0.1, 0.15) is 17.4 Å². The van der Waals surface area contributed by atoms with Crippen molar-refractivity contribution in [2.24, 2.45) is 10.7 Å². The summed E-state index contributed by atoms with van der Waals surface area (Å²) < 4.78 is 19.4. The van der Waals surface area contributed by atoms with Crippen LogP contribution in [0.1, 0.15) is 64.8 Å². The third-order valence-electron chi connectivity index (χ3n) is 4.19. The lowest BCUT2D eigenvalue weighted by molar-refractivity contribution is 0.352. The lowest BCUT2D eigenvalue weighted by Gasteiger charge is -2.30. The van der Waals surface area contributed by atoms with E-state index in [1.807, 2.05) is 46.4 Å². The number of halogens is 3. The second-order valence-electron chi connectivity index (χ2n) is 6.55. The van der Waals surface area contributed by atoms with Crippen LogP contribution in [0.5, 0.6) is 0 Å². The first kappa shape index (κ1) is 27.6. The summed E-state index contributed by atoms with van der Waals surface area (Å²) >= 11 is 12.3. The van der Waals surface area contributed by atoms with E-state index in [0.29, 0.717) is 35.3 Å². The molecule has 2 aromatic rings. The first-order chi connectivity index (χ1) is 15.3. The van der Waals surface area contributed by atoms with E-state index in [9.17, 15) is 4.39 Å². The number of hydrogen-bond acceptors (Lipinski definition) is 7. The van der Waals surface area contributed by atoms with E-state index >= 15 is 0 Å². The lowest BCUT2D eigenvalue weighted by atomic mass is 10.1. The minimum atomic E-state index is -0.551. The van der Waals surface area contributed by atoms with E-state index in [1.165, 1.54) is 18.2 Å². The Balaban J connectivity index is 0.00000121. The Labute approximate surface area is 199 Å². The zero-order chi connectivity index (χ0) is 24.4. The molecule has 0 saturated carbocycles. The Hall–Kier alpha value is -2.45. The van der Waals surface area contributed by atoms with Crippen molar-refractivity contribution in [1.29, 1.82) is 5.41 Å². The van der Waals surface area contributed by atoms with Crippen LogP contribution in [-0.2, 0) is 6.54 Å². The molecule has 0 atom stereocenters. The van der Waals surface area contributed by atoms with Crippen LogP contribution in [-0.4, -0.2) is 39.7 Å². The van der Waals surface area contributed by atoms with Crippen LogP contribution in [0.4, 0.5) is 4.39 Å². The minimum Gasteiger partial charge on any atom is -0.419 e. The number of nitrogens with zero attached hydrogens (tertiary/aromatic N) is 4. The zero-order valence-corrected chi connectivity index (χ0v) is 20.9. The third-order valence-corrected chi connectivity index (χ3v) is 4.95. The summed E-state index contributed by atoms with van der Waals surface area (Å²) in [4.78, 5) is 6.06. The van der Waals surface area contributed by atoms with Crippen molar-refractivity contribution in [1.82, 2.24) is 15.1 Å². The van der Waals surface area contributed by atoms with Crippen molar-refractivity contribution in [2.45, 2.75) is 54.0 Å². The van der Waals surface area contributed by atoms with Crippen molar-refractivity contribution >= 4 is 34.7 Å². The maximum absolute atomic E-state index is 13.9.